The first-order valence-corrected chi connectivity index (χ1v) is 11.8. The Labute approximate surface area is 191 Å². The monoisotopic (exact) mass is 453 g/mol. The molecule has 2 aliphatic rings. The summed E-state index contributed by atoms with van der Waals surface area (Å²) in [5.41, 5.74) is 1.55. The highest BCUT2D eigenvalue weighted by molar-refractivity contribution is 7.16. The Balaban J connectivity index is 1.35. The van der Waals surface area contributed by atoms with Crippen molar-refractivity contribution in [3.8, 4) is 6.07 Å². The number of carbonyl (C=O) groups excluding carboxylic acids is 2. The number of nitriles is 1. The Morgan fingerprint density at radius 1 is 1.38 bits per heavy atom. The van der Waals surface area contributed by atoms with Gasteiger partial charge in [0.15, 0.2) is 0 Å². The van der Waals surface area contributed by atoms with Gasteiger partial charge in [0.1, 0.15) is 16.8 Å². The van der Waals surface area contributed by atoms with Gasteiger partial charge in [-0.05, 0) is 61.8 Å². The molecule has 0 spiro atoms. The maximum Gasteiger partial charge on any atom is 0.409 e. The van der Waals surface area contributed by atoms with Crippen LogP contribution in [-0.4, -0.2) is 36.6 Å². The second-order valence-electron chi connectivity index (χ2n) is 8.39. The van der Waals surface area contributed by atoms with Crippen LogP contribution in [0.1, 0.15) is 53.9 Å². The van der Waals surface area contributed by atoms with E-state index in [9.17, 15) is 14.9 Å². The number of hydrogen-bond acceptors (Lipinski definition) is 6. The molecule has 4 rings (SSSR count). The van der Waals surface area contributed by atoms with E-state index in [0.29, 0.717) is 29.0 Å². The highest BCUT2D eigenvalue weighted by Crippen LogP contribution is 2.39. The first kappa shape index (κ1) is 22.2. The van der Waals surface area contributed by atoms with Crippen molar-refractivity contribution in [3.63, 3.8) is 0 Å². The van der Waals surface area contributed by atoms with Crippen molar-refractivity contribution in [2.24, 2.45) is 5.92 Å². The number of nitrogens with one attached hydrogen (secondary N) is 1. The van der Waals surface area contributed by atoms with E-state index in [4.69, 9.17) is 9.15 Å². The van der Waals surface area contributed by atoms with Gasteiger partial charge in [-0.1, -0.05) is 12.8 Å². The van der Waals surface area contributed by atoms with E-state index >= 15 is 0 Å². The van der Waals surface area contributed by atoms with E-state index in [0.717, 1.165) is 42.5 Å². The third-order valence-electron chi connectivity index (χ3n) is 6.26. The summed E-state index contributed by atoms with van der Waals surface area (Å²) < 4.78 is 10.8. The molecule has 7 nitrogen and oxygen atoms in total. The van der Waals surface area contributed by atoms with Gasteiger partial charge in [0.25, 0.3) is 0 Å². The minimum absolute atomic E-state index is 0.219. The van der Waals surface area contributed by atoms with Gasteiger partial charge < -0.3 is 19.4 Å². The summed E-state index contributed by atoms with van der Waals surface area (Å²) in [4.78, 5) is 27.5. The first-order valence-electron chi connectivity index (χ1n) is 11.0. The average Bonchev–Trinajstić information content (AvgIpc) is 3.56. The van der Waals surface area contributed by atoms with Crippen molar-refractivity contribution >= 4 is 34.4 Å². The fourth-order valence-electron chi connectivity index (χ4n) is 4.43. The summed E-state index contributed by atoms with van der Waals surface area (Å²) in [6.45, 7) is 0.378. The van der Waals surface area contributed by atoms with Gasteiger partial charge >= 0.3 is 6.09 Å². The van der Waals surface area contributed by atoms with Crippen molar-refractivity contribution in [1.29, 1.82) is 5.26 Å². The largest absolute Gasteiger partial charge is 0.465 e. The number of hydrogen-bond donors (Lipinski definition) is 1. The van der Waals surface area contributed by atoms with Crippen LogP contribution in [0.25, 0.3) is 6.08 Å². The van der Waals surface area contributed by atoms with E-state index < -0.39 is 0 Å². The zero-order valence-corrected chi connectivity index (χ0v) is 19.0. The van der Waals surface area contributed by atoms with E-state index in [1.54, 1.807) is 29.4 Å². The lowest BCUT2D eigenvalue weighted by atomic mass is 9.88. The van der Waals surface area contributed by atoms with Crippen molar-refractivity contribution in [2.75, 3.05) is 19.0 Å². The van der Waals surface area contributed by atoms with E-state index in [-0.39, 0.29) is 17.9 Å². The summed E-state index contributed by atoms with van der Waals surface area (Å²) in [6.07, 6.45) is 11.1. The Morgan fingerprint density at radius 3 is 2.91 bits per heavy atom. The molecule has 0 saturated heterocycles. The van der Waals surface area contributed by atoms with Crippen LogP contribution in [-0.2, 0) is 22.4 Å². The fourth-order valence-corrected chi connectivity index (χ4v) is 5.75. The van der Waals surface area contributed by atoms with Gasteiger partial charge in [0.2, 0.25) is 5.91 Å². The molecule has 1 N–H and O–H groups in total. The highest BCUT2D eigenvalue weighted by atomic mass is 32.1. The van der Waals surface area contributed by atoms with Crippen LogP contribution >= 0.6 is 11.3 Å². The SMILES string of the molecule is CN(C(=O)OCC1CCc2c(sc(NC(=O)/C=C/c3ccco3)c2C#N)C1)C1CCCC1. The summed E-state index contributed by atoms with van der Waals surface area (Å²) in [6, 6.07) is 6.05. The quantitative estimate of drug-likeness (QED) is 0.622. The molecule has 0 aromatic carbocycles. The van der Waals surface area contributed by atoms with Crippen LogP contribution in [0.15, 0.2) is 28.9 Å². The smallest absolute Gasteiger partial charge is 0.409 e. The molecule has 0 radical (unpaired) electrons. The second kappa shape index (κ2) is 10.0. The molecule has 1 fully saturated rings. The number of fused-ring (bicyclic) bond motifs is 1. The molecular formula is C24H27N3O4S. The summed E-state index contributed by atoms with van der Waals surface area (Å²) in [7, 11) is 1.82. The molecule has 2 amide bonds. The maximum atomic E-state index is 12.4. The molecule has 1 unspecified atom stereocenters. The van der Waals surface area contributed by atoms with Crippen LogP contribution in [0.2, 0.25) is 0 Å². The minimum atomic E-state index is -0.308. The standard InChI is InChI=1S/C24H27N3O4S/c1-27(17-5-2-3-6-17)24(29)31-15-16-8-10-19-20(14-25)23(32-21(19)13-16)26-22(28)11-9-18-7-4-12-30-18/h4,7,9,11-12,16-17H,2-3,5-6,8,10,13,15H2,1H3,(H,26,28)/b11-9+. The number of thiophene rings is 1. The molecule has 2 heterocycles. The van der Waals surface area contributed by atoms with Gasteiger partial charge in [0.05, 0.1) is 18.4 Å². The van der Waals surface area contributed by atoms with Gasteiger partial charge in [-0.3, -0.25) is 4.79 Å². The van der Waals surface area contributed by atoms with Gasteiger partial charge in [0, 0.05) is 24.0 Å². The third-order valence-corrected chi connectivity index (χ3v) is 7.43. The lowest BCUT2D eigenvalue weighted by Crippen LogP contribution is -2.36. The number of furan rings is 1. The van der Waals surface area contributed by atoms with Crippen molar-refractivity contribution in [1.82, 2.24) is 4.90 Å². The minimum Gasteiger partial charge on any atom is -0.465 e. The highest BCUT2D eigenvalue weighted by Gasteiger charge is 2.29. The Hall–Kier alpha value is -3.05. The fraction of sp³-hybridized carbons (Fsp3) is 0.458. The van der Waals surface area contributed by atoms with Crippen molar-refractivity contribution < 1.29 is 18.7 Å². The Morgan fingerprint density at radius 2 is 2.19 bits per heavy atom. The number of rotatable bonds is 6. The van der Waals surface area contributed by atoms with Gasteiger partial charge in [-0.25, -0.2) is 4.79 Å². The second-order valence-corrected chi connectivity index (χ2v) is 9.50. The van der Waals surface area contributed by atoms with E-state index in [2.05, 4.69) is 11.4 Å². The van der Waals surface area contributed by atoms with Crippen LogP contribution in [0.5, 0.6) is 0 Å². The van der Waals surface area contributed by atoms with Crippen LogP contribution < -0.4 is 5.32 Å². The number of nitrogens with zero attached hydrogens (tertiary/aromatic N) is 2. The molecule has 168 valence electrons. The third kappa shape index (κ3) is 5.05. The zero-order chi connectivity index (χ0) is 22.5. The zero-order valence-electron chi connectivity index (χ0n) is 18.1. The molecular weight excluding hydrogens is 426 g/mol. The van der Waals surface area contributed by atoms with Crippen LogP contribution in [0.3, 0.4) is 0 Å². The Kier molecular flexibility index (Phi) is 6.96. The normalized spacial score (nSPS) is 18.3. The summed E-state index contributed by atoms with van der Waals surface area (Å²) in [5, 5.41) is 13.1. The van der Waals surface area contributed by atoms with Crippen LogP contribution in [0.4, 0.5) is 9.80 Å². The molecule has 2 aromatic heterocycles. The topological polar surface area (TPSA) is 95.6 Å². The van der Waals surface area contributed by atoms with E-state index in [1.165, 1.54) is 30.3 Å². The predicted molar refractivity (Wildman–Crippen MR) is 122 cm³/mol. The number of carbonyl (C=O) groups is 2. The molecule has 1 saturated carbocycles. The molecule has 2 aliphatic carbocycles. The van der Waals surface area contributed by atoms with Crippen LogP contribution in [0, 0.1) is 17.2 Å². The van der Waals surface area contributed by atoms with Gasteiger partial charge in [-0.15, -0.1) is 11.3 Å². The maximum absolute atomic E-state index is 12.4. The van der Waals surface area contributed by atoms with Crippen molar-refractivity contribution in [3.05, 3.63) is 46.2 Å². The molecule has 2 aromatic rings. The van der Waals surface area contributed by atoms with Crippen molar-refractivity contribution in [2.45, 2.75) is 51.0 Å². The van der Waals surface area contributed by atoms with E-state index in [1.807, 2.05) is 7.05 Å². The molecule has 32 heavy (non-hydrogen) atoms. The molecule has 0 bridgehead atoms. The molecule has 8 heteroatoms. The Bertz CT molecular complexity index is 1030. The molecule has 1 atom stereocenters. The number of amides is 2. The van der Waals surface area contributed by atoms with Gasteiger partial charge in [-0.2, -0.15) is 5.26 Å². The average molecular weight is 454 g/mol. The first-order chi connectivity index (χ1) is 15.5. The summed E-state index contributed by atoms with van der Waals surface area (Å²) >= 11 is 1.44. The lowest BCUT2D eigenvalue weighted by Gasteiger charge is -2.26. The predicted octanol–water partition coefficient (Wildman–Crippen LogP) is 4.98. The number of anilines is 1. The summed E-state index contributed by atoms with van der Waals surface area (Å²) in [5.74, 6) is 0.495. The number of ether oxygens (including phenoxy) is 1. The molecule has 0 aliphatic heterocycles. The lowest BCUT2D eigenvalue weighted by molar-refractivity contribution is -0.111.